The van der Waals surface area contributed by atoms with E-state index < -0.39 is 52.6 Å². The Morgan fingerprint density at radius 3 is 2.43 bits per heavy atom. The van der Waals surface area contributed by atoms with Crippen molar-refractivity contribution in [2.24, 2.45) is 28.1 Å². The van der Waals surface area contributed by atoms with Gasteiger partial charge < -0.3 is 26.1 Å². The van der Waals surface area contributed by atoms with E-state index in [2.05, 4.69) is 20.8 Å². The van der Waals surface area contributed by atoms with Crippen LogP contribution in [0.3, 0.4) is 0 Å². The van der Waals surface area contributed by atoms with E-state index in [4.69, 9.17) is 10.6 Å². The summed E-state index contributed by atoms with van der Waals surface area (Å²) >= 11 is 0. The highest BCUT2D eigenvalue weighted by molar-refractivity contribution is 6.37. The lowest BCUT2D eigenvalue weighted by Crippen LogP contribution is -2.59. The van der Waals surface area contributed by atoms with E-state index in [1.165, 1.54) is 11.3 Å². The van der Waals surface area contributed by atoms with Crippen LogP contribution in [-0.4, -0.2) is 75.3 Å². The smallest absolute Gasteiger partial charge is 0.287 e. The first-order valence-electron chi connectivity index (χ1n) is 17.7. The second kappa shape index (κ2) is 13.9. The van der Waals surface area contributed by atoms with Gasteiger partial charge in [0.05, 0.1) is 23.8 Å². The Morgan fingerprint density at radius 2 is 1.73 bits per heavy atom. The summed E-state index contributed by atoms with van der Waals surface area (Å²) in [6.45, 7) is 5.69. The second-order valence-corrected chi connectivity index (χ2v) is 15.6. The minimum Gasteiger partial charge on any atom is -0.387 e. The number of ketones is 1. The molecular weight excluding hydrogens is 624 g/mol. The van der Waals surface area contributed by atoms with Crippen LogP contribution in [0.1, 0.15) is 97.0 Å². The zero-order valence-corrected chi connectivity index (χ0v) is 28.7. The van der Waals surface area contributed by atoms with Gasteiger partial charge in [-0.25, -0.2) is 0 Å². The first kappa shape index (κ1) is 34.5. The molecular formula is C37H48N6O6. The predicted octanol–water partition coefficient (Wildman–Crippen LogP) is 3.54. The molecule has 262 valence electrons. The van der Waals surface area contributed by atoms with Crippen LogP contribution in [0, 0.1) is 17.3 Å². The molecule has 0 unspecified atom stereocenters. The van der Waals surface area contributed by atoms with Crippen LogP contribution in [0.15, 0.2) is 41.7 Å². The number of rotatable bonds is 11. The molecule has 1 spiro atoms. The van der Waals surface area contributed by atoms with Crippen molar-refractivity contribution >= 4 is 46.0 Å². The molecule has 3 fully saturated rings. The molecule has 49 heavy (non-hydrogen) atoms. The van der Waals surface area contributed by atoms with Gasteiger partial charge in [0.25, 0.3) is 5.91 Å². The molecule has 2 aliphatic carbocycles. The molecule has 2 aliphatic heterocycles. The summed E-state index contributed by atoms with van der Waals surface area (Å²) in [6.07, 6.45) is 9.97. The summed E-state index contributed by atoms with van der Waals surface area (Å²) in [6, 6.07) is 6.59. The highest BCUT2D eigenvalue weighted by Gasteiger charge is 2.56. The van der Waals surface area contributed by atoms with Crippen molar-refractivity contribution in [2.45, 2.75) is 115 Å². The van der Waals surface area contributed by atoms with Gasteiger partial charge in [-0.3, -0.25) is 29.0 Å². The summed E-state index contributed by atoms with van der Waals surface area (Å²) in [4.78, 5) is 79.0. The van der Waals surface area contributed by atoms with Gasteiger partial charge in [0, 0.05) is 36.4 Å². The standard InChI is InChI=1S/C37H48N6O6/c1-36(2,3)32(41-29(44)18-22-9-5-4-6-10-22)35(48)43-21-37(19-27(42-49-37)25-13-7-11-24-12-8-16-39-30(24)25)20-28(43)34(47)40-26(17-23-14-15-23)31(45)33(38)46/h7-8,11-13,16,22-23,26,28,32H,4-6,9-10,14-15,17-21H2,1-3H3,(H2,38,46)(H,40,47)(H,41,44)/t26-,28-,32+,37+/m0/s1. The first-order valence-corrected chi connectivity index (χ1v) is 17.7. The molecule has 1 aromatic carbocycles. The molecule has 12 heteroatoms. The van der Waals surface area contributed by atoms with Gasteiger partial charge in [0.2, 0.25) is 23.5 Å². The highest BCUT2D eigenvalue weighted by Crippen LogP contribution is 2.41. The first-order chi connectivity index (χ1) is 23.3. The Morgan fingerprint density at radius 1 is 1.00 bits per heavy atom. The Balaban J connectivity index is 1.27. The lowest BCUT2D eigenvalue weighted by molar-refractivity contribution is -0.145. The van der Waals surface area contributed by atoms with E-state index in [0.717, 1.165) is 55.0 Å². The summed E-state index contributed by atoms with van der Waals surface area (Å²) in [5.74, 6) is -2.64. The van der Waals surface area contributed by atoms with Gasteiger partial charge in [0.1, 0.15) is 12.1 Å². The third kappa shape index (κ3) is 7.78. The molecule has 0 radical (unpaired) electrons. The van der Waals surface area contributed by atoms with E-state index in [9.17, 15) is 24.0 Å². The number of hydrogen-bond donors (Lipinski definition) is 3. The van der Waals surface area contributed by atoms with Gasteiger partial charge in [-0.2, -0.15) is 0 Å². The van der Waals surface area contributed by atoms with E-state index in [1.807, 2.05) is 51.1 Å². The number of aromatic nitrogens is 1. The molecule has 0 bridgehead atoms. The number of hydrogen-bond acceptors (Lipinski definition) is 8. The maximum atomic E-state index is 14.6. The average Bonchev–Trinajstić information content (AvgIpc) is 3.68. The van der Waals surface area contributed by atoms with E-state index >= 15 is 0 Å². The number of carbonyl (C=O) groups is 5. The number of nitrogens with zero attached hydrogens (tertiary/aromatic N) is 3. The molecule has 2 aromatic rings. The third-order valence-electron chi connectivity index (χ3n) is 10.5. The molecule has 12 nitrogen and oxygen atoms in total. The summed E-state index contributed by atoms with van der Waals surface area (Å²) in [5, 5.41) is 11.2. The monoisotopic (exact) mass is 672 g/mol. The second-order valence-electron chi connectivity index (χ2n) is 15.6. The van der Waals surface area contributed by atoms with Crippen LogP contribution in [0.4, 0.5) is 0 Å². The molecule has 6 rings (SSSR count). The maximum absolute atomic E-state index is 14.6. The fourth-order valence-corrected chi connectivity index (χ4v) is 7.66. The molecule has 3 heterocycles. The van der Waals surface area contributed by atoms with Gasteiger partial charge in [0.15, 0.2) is 5.60 Å². The van der Waals surface area contributed by atoms with Gasteiger partial charge in [-0.1, -0.05) is 82.3 Å². The van der Waals surface area contributed by atoms with Crippen molar-refractivity contribution in [1.82, 2.24) is 20.5 Å². The number of para-hydroxylation sites is 1. The Bertz CT molecular complexity index is 1650. The van der Waals surface area contributed by atoms with E-state index in [-0.39, 0.29) is 30.7 Å². The molecule has 1 aromatic heterocycles. The van der Waals surface area contributed by atoms with Crippen LogP contribution >= 0.6 is 0 Å². The van der Waals surface area contributed by atoms with Crippen LogP contribution in [-0.2, 0) is 28.8 Å². The number of fused-ring (bicyclic) bond motifs is 1. The topological polar surface area (TPSA) is 173 Å². The summed E-state index contributed by atoms with van der Waals surface area (Å²) in [5.41, 5.74) is 5.88. The van der Waals surface area contributed by atoms with Crippen molar-refractivity contribution < 1.29 is 28.8 Å². The summed E-state index contributed by atoms with van der Waals surface area (Å²) in [7, 11) is 0. The minimum atomic E-state index is -1.11. The largest absolute Gasteiger partial charge is 0.387 e. The maximum Gasteiger partial charge on any atom is 0.287 e. The molecule has 4 amide bonds. The van der Waals surface area contributed by atoms with Crippen LogP contribution in [0.25, 0.3) is 10.9 Å². The molecule has 1 saturated heterocycles. The quantitative estimate of drug-likeness (QED) is 0.306. The number of benzene rings is 1. The number of pyridine rings is 1. The zero-order valence-electron chi connectivity index (χ0n) is 28.7. The Kier molecular flexibility index (Phi) is 9.77. The number of amides is 4. The highest BCUT2D eigenvalue weighted by atomic mass is 16.7. The fourth-order valence-electron chi connectivity index (χ4n) is 7.66. The Hall–Kier alpha value is -4.35. The normalized spacial score (nSPS) is 23.9. The van der Waals surface area contributed by atoms with Crippen molar-refractivity contribution in [3.63, 3.8) is 0 Å². The lowest BCUT2D eigenvalue weighted by Gasteiger charge is -2.36. The lowest BCUT2D eigenvalue weighted by atomic mass is 9.84. The van der Waals surface area contributed by atoms with Gasteiger partial charge >= 0.3 is 0 Å². The number of nitrogens with one attached hydrogen (secondary N) is 2. The van der Waals surface area contributed by atoms with Crippen molar-refractivity contribution in [1.29, 1.82) is 0 Å². The summed E-state index contributed by atoms with van der Waals surface area (Å²) < 4.78 is 0. The fraction of sp³-hybridized carbons (Fsp3) is 0.595. The van der Waals surface area contributed by atoms with Gasteiger partial charge in [-0.05, 0) is 42.6 Å². The average molecular weight is 673 g/mol. The number of primary amides is 1. The van der Waals surface area contributed by atoms with Crippen molar-refractivity contribution in [3.05, 3.63) is 42.1 Å². The van der Waals surface area contributed by atoms with Crippen LogP contribution < -0.4 is 16.4 Å². The predicted molar refractivity (Wildman–Crippen MR) is 183 cm³/mol. The molecule has 4 aliphatic rings. The van der Waals surface area contributed by atoms with Crippen LogP contribution in [0.2, 0.25) is 0 Å². The number of Topliss-reactive ketones (excluding diaryl/α,β-unsaturated/α-hetero) is 1. The van der Waals surface area contributed by atoms with Crippen molar-refractivity contribution in [2.75, 3.05) is 6.54 Å². The van der Waals surface area contributed by atoms with Crippen molar-refractivity contribution in [3.8, 4) is 0 Å². The van der Waals surface area contributed by atoms with E-state index in [0.29, 0.717) is 25.0 Å². The third-order valence-corrected chi connectivity index (χ3v) is 10.5. The SMILES string of the molecule is CC(C)(C)[C@H](NC(=O)CC1CCCCC1)C(=O)N1C[C@@]2(CC(c3cccc4cccnc34)=NO2)C[C@H]1C(=O)N[C@@H](CC1CC1)C(=O)C(N)=O. The van der Waals surface area contributed by atoms with Gasteiger partial charge in [-0.15, -0.1) is 0 Å². The van der Waals surface area contributed by atoms with Crippen LogP contribution in [0.5, 0.6) is 0 Å². The molecule has 4 N–H and O–H groups in total. The number of carbonyl (C=O) groups excluding carboxylic acids is 5. The molecule has 4 atom stereocenters. The number of oxime groups is 1. The molecule has 2 saturated carbocycles. The minimum absolute atomic E-state index is 0.0389. The zero-order chi connectivity index (χ0) is 34.9. The number of nitrogens with two attached hydrogens (primary N) is 1. The van der Waals surface area contributed by atoms with E-state index in [1.54, 1.807) is 6.20 Å². The Labute approximate surface area is 286 Å². The number of likely N-dealkylation sites (tertiary alicyclic amines) is 1.